The molecule has 3 aromatic heterocycles. The summed E-state index contributed by atoms with van der Waals surface area (Å²) in [5.41, 5.74) is 27.9. The van der Waals surface area contributed by atoms with Crippen LogP contribution in [0.5, 0.6) is 11.5 Å². The van der Waals surface area contributed by atoms with Crippen molar-refractivity contribution in [3.8, 4) is 145 Å². The molecule has 5 nitrogen and oxygen atoms in total. The SMILES string of the molecule is C1=CC2Oc3c(-c4cc(-c5ccccn5)ccc4-c4ccccc4-c4cc(-c5ccccc5-c5ccc(-c6ccccn6)cc5-c5ccccc5)cc(-c5ccccc5-c5ccc(-c6ccccn6)cc5-c5cccc6c5OC5C=CC=CC65)c4)cccc3C2C=C1. The van der Waals surface area contributed by atoms with Gasteiger partial charge in [0, 0.05) is 69.4 Å². The topological polar surface area (TPSA) is 57.1 Å². The van der Waals surface area contributed by atoms with Gasteiger partial charge in [-0.3, -0.25) is 15.0 Å². The molecule has 0 N–H and O–H groups in total. The molecular formula is C87H59N3O2. The van der Waals surface area contributed by atoms with Crippen LogP contribution in [0.3, 0.4) is 0 Å². The molecule has 5 heteroatoms. The Morgan fingerprint density at radius 1 is 0.217 bits per heavy atom. The lowest BCUT2D eigenvalue weighted by Gasteiger charge is -2.21. The number of nitrogens with zero attached hydrogens (tertiary/aromatic N) is 3. The van der Waals surface area contributed by atoms with Gasteiger partial charge in [0.05, 0.1) is 17.1 Å². The van der Waals surface area contributed by atoms with E-state index in [4.69, 9.17) is 24.4 Å². The van der Waals surface area contributed by atoms with Crippen LogP contribution in [0.4, 0.5) is 0 Å². The van der Waals surface area contributed by atoms with Gasteiger partial charge in [0.1, 0.15) is 23.7 Å². The highest BCUT2D eigenvalue weighted by Crippen LogP contribution is 2.53. The van der Waals surface area contributed by atoms with E-state index in [9.17, 15) is 0 Å². The molecular weight excluding hydrogens is 1120 g/mol. The average Bonchev–Trinajstić information content (AvgIpc) is 1.27. The van der Waals surface area contributed by atoms with Crippen molar-refractivity contribution in [3.63, 3.8) is 0 Å². The lowest BCUT2D eigenvalue weighted by atomic mass is 9.82. The fourth-order valence-electron chi connectivity index (χ4n) is 14.3. The summed E-state index contributed by atoms with van der Waals surface area (Å²) in [5.74, 6) is 2.11. The number of benzene rings is 10. The Labute approximate surface area is 536 Å². The summed E-state index contributed by atoms with van der Waals surface area (Å²) in [6.07, 6.45) is 22.8. The Kier molecular flexibility index (Phi) is 13.8. The van der Waals surface area contributed by atoms with Crippen molar-refractivity contribution in [1.29, 1.82) is 0 Å². The molecule has 4 unspecified atom stereocenters. The van der Waals surface area contributed by atoms with Crippen molar-refractivity contribution in [2.75, 3.05) is 0 Å². The van der Waals surface area contributed by atoms with Crippen LogP contribution in [0.1, 0.15) is 23.0 Å². The number of ether oxygens (including phenoxy) is 2. The minimum absolute atomic E-state index is 0.0730. The van der Waals surface area contributed by atoms with E-state index in [0.29, 0.717) is 0 Å². The molecule has 434 valence electrons. The summed E-state index contributed by atoms with van der Waals surface area (Å²) in [5, 5.41) is 0. The van der Waals surface area contributed by atoms with Gasteiger partial charge in [-0.15, -0.1) is 0 Å². The Hall–Kier alpha value is -11.8. The smallest absolute Gasteiger partial charge is 0.132 e. The summed E-state index contributed by atoms with van der Waals surface area (Å²) in [6.45, 7) is 0. The zero-order chi connectivity index (χ0) is 60.9. The number of hydrogen-bond donors (Lipinski definition) is 0. The van der Waals surface area contributed by atoms with Gasteiger partial charge >= 0.3 is 0 Å². The Morgan fingerprint density at radius 2 is 0.554 bits per heavy atom. The molecule has 5 heterocycles. The number of fused-ring (bicyclic) bond motifs is 6. The van der Waals surface area contributed by atoms with E-state index in [1.165, 1.54) is 11.1 Å². The maximum absolute atomic E-state index is 6.98. The fraction of sp³-hybridized carbons (Fsp3) is 0.0460. The van der Waals surface area contributed by atoms with Gasteiger partial charge in [0.25, 0.3) is 0 Å². The number of para-hydroxylation sites is 2. The number of allylic oxidation sites excluding steroid dienone is 4. The highest BCUT2D eigenvalue weighted by atomic mass is 16.5. The zero-order valence-corrected chi connectivity index (χ0v) is 50.2. The molecule has 17 rings (SSSR count). The second-order valence-electron chi connectivity index (χ2n) is 23.9. The summed E-state index contributed by atoms with van der Waals surface area (Å²) in [6, 6.07) is 96.7. The molecule has 0 fully saturated rings. The number of aromatic nitrogens is 3. The molecule has 0 spiro atoms. The van der Waals surface area contributed by atoms with Crippen LogP contribution < -0.4 is 9.47 Å². The first-order valence-electron chi connectivity index (χ1n) is 31.6. The first-order chi connectivity index (χ1) is 45.6. The zero-order valence-electron chi connectivity index (χ0n) is 50.2. The number of hydrogen-bond acceptors (Lipinski definition) is 5. The van der Waals surface area contributed by atoms with E-state index in [2.05, 4.69) is 297 Å². The van der Waals surface area contributed by atoms with Crippen LogP contribution in [0.25, 0.3) is 134 Å². The van der Waals surface area contributed by atoms with Gasteiger partial charge in [0.2, 0.25) is 0 Å². The fourth-order valence-corrected chi connectivity index (χ4v) is 14.3. The monoisotopic (exact) mass is 1180 g/mol. The average molecular weight is 1180 g/mol. The minimum Gasteiger partial charge on any atom is -0.484 e. The highest BCUT2D eigenvalue weighted by molar-refractivity contribution is 6.01. The minimum atomic E-state index is -0.0730. The summed E-state index contributed by atoms with van der Waals surface area (Å²) >= 11 is 0. The Bertz CT molecular complexity index is 4890. The third-order valence-corrected chi connectivity index (χ3v) is 18.6. The molecule has 0 radical (unpaired) electrons. The number of pyridine rings is 3. The lowest BCUT2D eigenvalue weighted by molar-refractivity contribution is 0.269. The van der Waals surface area contributed by atoms with Crippen LogP contribution in [0.2, 0.25) is 0 Å². The van der Waals surface area contributed by atoms with E-state index in [1.54, 1.807) is 0 Å². The van der Waals surface area contributed by atoms with E-state index >= 15 is 0 Å². The quantitative estimate of drug-likeness (QED) is 0.122. The Morgan fingerprint density at radius 3 is 0.957 bits per heavy atom. The van der Waals surface area contributed by atoms with Crippen LogP contribution >= 0.6 is 0 Å². The molecule has 0 bridgehead atoms. The second kappa shape index (κ2) is 23.3. The van der Waals surface area contributed by atoms with Gasteiger partial charge in [-0.05, 0) is 174 Å². The van der Waals surface area contributed by atoms with Gasteiger partial charge in [-0.2, -0.15) is 0 Å². The molecule has 4 aliphatic rings. The van der Waals surface area contributed by atoms with Gasteiger partial charge in [-0.25, -0.2) is 0 Å². The normalized spacial score (nSPS) is 16.3. The summed E-state index contributed by atoms with van der Waals surface area (Å²) in [4.78, 5) is 14.5. The van der Waals surface area contributed by atoms with E-state index in [1.807, 2.05) is 36.8 Å². The largest absolute Gasteiger partial charge is 0.484 e. The maximum atomic E-state index is 6.98. The van der Waals surface area contributed by atoms with E-state index < -0.39 is 0 Å². The lowest BCUT2D eigenvalue weighted by Crippen LogP contribution is -2.15. The van der Waals surface area contributed by atoms with Crippen LogP contribution in [0.15, 0.2) is 334 Å². The van der Waals surface area contributed by atoms with Crippen molar-refractivity contribution in [3.05, 3.63) is 345 Å². The van der Waals surface area contributed by atoms with Gasteiger partial charge in [0.15, 0.2) is 0 Å². The second-order valence-corrected chi connectivity index (χ2v) is 23.9. The molecule has 0 amide bonds. The van der Waals surface area contributed by atoms with Crippen molar-refractivity contribution in [1.82, 2.24) is 15.0 Å². The molecule has 10 aromatic carbocycles. The van der Waals surface area contributed by atoms with Crippen molar-refractivity contribution in [2.45, 2.75) is 24.0 Å². The number of rotatable bonds is 12. The molecule has 2 aliphatic heterocycles. The summed E-state index contributed by atoms with van der Waals surface area (Å²) < 4.78 is 14.0. The van der Waals surface area contributed by atoms with Crippen molar-refractivity contribution >= 4 is 0 Å². The summed E-state index contributed by atoms with van der Waals surface area (Å²) in [7, 11) is 0. The maximum Gasteiger partial charge on any atom is 0.132 e. The van der Waals surface area contributed by atoms with Gasteiger partial charge < -0.3 is 9.47 Å². The molecule has 0 saturated carbocycles. The third kappa shape index (κ3) is 9.79. The first kappa shape index (κ1) is 54.4. The molecule has 92 heavy (non-hydrogen) atoms. The predicted octanol–water partition coefficient (Wildman–Crippen LogP) is 21.8. The molecule has 0 saturated heterocycles. The van der Waals surface area contributed by atoms with E-state index in [0.717, 1.165) is 145 Å². The van der Waals surface area contributed by atoms with Crippen LogP contribution in [0, 0.1) is 0 Å². The predicted molar refractivity (Wildman–Crippen MR) is 376 cm³/mol. The third-order valence-electron chi connectivity index (χ3n) is 18.6. The molecule has 13 aromatic rings. The molecule has 2 aliphatic carbocycles. The van der Waals surface area contributed by atoms with Crippen molar-refractivity contribution < 1.29 is 9.47 Å². The standard InChI is InChI=1S/C87H59N3O2/c1-2-22-56(23-3-1)78-53-57(81-36-14-17-47-88-81)41-44-69(78)66-27-7-4-24-63(66)60-50-61(64-25-5-8-28-67(64)70-45-42-58(82-37-15-18-48-89-82)54-79(70)76-34-20-32-74-72-30-10-12-39-84(72)91-86(74)76)52-62(51-60)65-26-6-9-29-68(65)71-46-43-59(83-38-16-19-49-90-83)55-80(71)77-35-21-33-75-73-31-11-13-40-85(73)92-87(75)77/h1-55,72-73,84-85H. The van der Waals surface area contributed by atoms with Crippen LogP contribution in [-0.2, 0) is 0 Å². The van der Waals surface area contributed by atoms with Crippen LogP contribution in [-0.4, -0.2) is 27.2 Å². The van der Waals surface area contributed by atoms with E-state index in [-0.39, 0.29) is 24.0 Å². The Balaban J connectivity index is 0.896. The molecule has 4 atom stereocenters. The van der Waals surface area contributed by atoms with Crippen molar-refractivity contribution in [2.24, 2.45) is 0 Å². The first-order valence-corrected chi connectivity index (χ1v) is 31.6. The van der Waals surface area contributed by atoms with Gasteiger partial charge in [-0.1, -0.05) is 231 Å². The highest BCUT2D eigenvalue weighted by Gasteiger charge is 2.36.